The Balaban J connectivity index is 1.49. The molecular weight excluding hydrogens is 304 g/mol. The summed E-state index contributed by atoms with van der Waals surface area (Å²) in [5.74, 6) is 0.245. The average molecular weight is 328 g/mol. The lowest BCUT2D eigenvalue weighted by Gasteiger charge is -2.37. The summed E-state index contributed by atoms with van der Waals surface area (Å²) in [5.41, 5.74) is 4.07. The summed E-state index contributed by atoms with van der Waals surface area (Å²) in [6.07, 6.45) is 6.60. The lowest BCUT2D eigenvalue weighted by Crippen LogP contribution is -2.51. The van der Waals surface area contributed by atoms with Crippen LogP contribution < -0.4 is 0 Å². The molecule has 1 amide bonds. The minimum absolute atomic E-state index is 0.245. The molecule has 0 aromatic carbocycles. The molecule has 2 fully saturated rings. The molecule has 4 rings (SSSR count). The zero-order valence-corrected chi connectivity index (χ0v) is 14.4. The van der Waals surface area contributed by atoms with E-state index in [1.165, 1.54) is 0 Å². The normalized spacial score (nSPS) is 23.7. The van der Waals surface area contributed by atoms with Crippen molar-refractivity contribution in [3.63, 3.8) is 0 Å². The molecule has 3 heterocycles. The van der Waals surface area contributed by atoms with Gasteiger partial charge in [0.05, 0.1) is 24.9 Å². The lowest BCUT2D eigenvalue weighted by molar-refractivity contribution is -0.143. The molecule has 128 valence electrons. The first-order chi connectivity index (χ1) is 11.6. The molecule has 1 aliphatic carbocycles. The molecule has 1 saturated carbocycles. The molecule has 2 aromatic rings. The molecule has 1 aliphatic heterocycles. The summed E-state index contributed by atoms with van der Waals surface area (Å²) < 4.78 is 7.66. The van der Waals surface area contributed by atoms with E-state index in [-0.39, 0.29) is 12.0 Å². The van der Waals surface area contributed by atoms with Crippen molar-refractivity contribution in [2.45, 2.75) is 58.1 Å². The van der Waals surface area contributed by atoms with E-state index in [1.54, 1.807) is 6.20 Å². The summed E-state index contributed by atoms with van der Waals surface area (Å²) in [7, 11) is 0. The van der Waals surface area contributed by atoms with Crippen molar-refractivity contribution in [1.82, 2.24) is 19.5 Å². The van der Waals surface area contributed by atoms with E-state index < -0.39 is 0 Å². The topological polar surface area (TPSA) is 59.7 Å². The van der Waals surface area contributed by atoms with Gasteiger partial charge in [-0.1, -0.05) is 0 Å². The maximum absolute atomic E-state index is 12.8. The minimum atomic E-state index is 0.245. The summed E-state index contributed by atoms with van der Waals surface area (Å²) in [6.45, 7) is 5.47. The second-order valence-corrected chi connectivity index (χ2v) is 6.86. The quantitative estimate of drug-likeness (QED) is 0.865. The molecule has 6 heteroatoms. The number of carbonyl (C=O) groups is 1. The van der Waals surface area contributed by atoms with Gasteiger partial charge >= 0.3 is 0 Å². The standard InChI is InChI=1S/C18H24N4O2/c1-12-14(13(2)22-17(20-12)8-9-19-22)6-7-18(23)21-10-11-24-16-5-3-4-15(16)21/h8-9,15-16H,3-7,10-11H2,1-2H3/t15-,16-/m1/s1. The van der Waals surface area contributed by atoms with Gasteiger partial charge in [-0.05, 0) is 45.1 Å². The highest BCUT2D eigenvalue weighted by molar-refractivity contribution is 5.77. The smallest absolute Gasteiger partial charge is 0.223 e. The molecule has 2 atom stereocenters. The second-order valence-electron chi connectivity index (χ2n) is 6.86. The third kappa shape index (κ3) is 2.59. The number of aryl methyl sites for hydroxylation is 2. The van der Waals surface area contributed by atoms with E-state index in [9.17, 15) is 4.79 Å². The average Bonchev–Trinajstić information content (AvgIpc) is 3.22. The first-order valence-corrected chi connectivity index (χ1v) is 8.86. The number of hydrogen-bond donors (Lipinski definition) is 0. The van der Waals surface area contributed by atoms with Crippen molar-refractivity contribution in [2.75, 3.05) is 13.2 Å². The molecule has 6 nitrogen and oxygen atoms in total. The van der Waals surface area contributed by atoms with Crippen LogP contribution >= 0.6 is 0 Å². The van der Waals surface area contributed by atoms with E-state index in [4.69, 9.17) is 4.74 Å². The Morgan fingerprint density at radius 3 is 3.12 bits per heavy atom. The van der Waals surface area contributed by atoms with Crippen molar-refractivity contribution in [2.24, 2.45) is 0 Å². The number of rotatable bonds is 3. The molecule has 2 aromatic heterocycles. The fourth-order valence-electron chi connectivity index (χ4n) is 4.24. The van der Waals surface area contributed by atoms with Gasteiger partial charge < -0.3 is 9.64 Å². The first-order valence-electron chi connectivity index (χ1n) is 8.86. The first kappa shape index (κ1) is 15.6. The minimum Gasteiger partial charge on any atom is -0.374 e. The van der Waals surface area contributed by atoms with Crippen molar-refractivity contribution in [3.8, 4) is 0 Å². The van der Waals surface area contributed by atoms with Crippen LogP contribution in [0, 0.1) is 13.8 Å². The van der Waals surface area contributed by atoms with E-state index in [2.05, 4.69) is 21.9 Å². The van der Waals surface area contributed by atoms with Crippen LogP contribution in [0.25, 0.3) is 5.65 Å². The molecule has 1 saturated heterocycles. The van der Waals surface area contributed by atoms with Crippen molar-refractivity contribution in [1.29, 1.82) is 0 Å². The van der Waals surface area contributed by atoms with Crippen molar-refractivity contribution >= 4 is 11.6 Å². The predicted molar refractivity (Wildman–Crippen MR) is 89.9 cm³/mol. The molecule has 2 aliphatic rings. The number of hydrogen-bond acceptors (Lipinski definition) is 4. The van der Waals surface area contributed by atoms with Gasteiger partial charge in [0.15, 0.2) is 5.65 Å². The molecule has 0 spiro atoms. The van der Waals surface area contributed by atoms with Gasteiger partial charge in [0.2, 0.25) is 5.91 Å². The van der Waals surface area contributed by atoms with Gasteiger partial charge in [0.25, 0.3) is 0 Å². The van der Waals surface area contributed by atoms with Crippen LogP contribution in [0.15, 0.2) is 12.3 Å². The largest absolute Gasteiger partial charge is 0.374 e. The highest BCUT2D eigenvalue weighted by Gasteiger charge is 2.38. The number of carbonyl (C=O) groups excluding carboxylic acids is 1. The fourth-order valence-corrected chi connectivity index (χ4v) is 4.24. The number of ether oxygens (including phenoxy) is 1. The SMILES string of the molecule is Cc1nc2ccnn2c(C)c1CCC(=O)N1CCO[C@@H]2CCC[C@H]21. The van der Waals surface area contributed by atoms with E-state index >= 15 is 0 Å². The number of aromatic nitrogens is 3. The second kappa shape index (κ2) is 6.16. The van der Waals surface area contributed by atoms with Gasteiger partial charge in [-0.3, -0.25) is 4.79 Å². The zero-order valence-electron chi connectivity index (χ0n) is 14.4. The number of nitrogens with zero attached hydrogens (tertiary/aromatic N) is 4. The number of morpholine rings is 1. The predicted octanol–water partition coefficient (Wildman–Crippen LogP) is 2.06. The van der Waals surface area contributed by atoms with Crippen LogP contribution in [-0.4, -0.2) is 50.7 Å². The van der Waals surface area contributed by atoms with Crippen LogP contribution in [-0.2, 0) is 16.0 Å². The van der Waals surface area contributed by atoms with Crippen LogP contribution in [0.5, 0.6) is 0 Å². The molecule has 0 bridgehead atoms. The van der Waals surface area contributed by atoms with Gasteiger partial charge in [-0.15, -0.1) is 0 Å². The van der Waals surface area contributed by atoms with Gasteiger partial charge in [0.1, 0.15) is 0 Å². The van der Waals surface area contributed by atoms with Crippen LogP contribution in [0.2, 0.25) is 0 Å². The summed E-state index contributed by atoms with van der Waals surface area (Å²) in [4.78, 5) is 19.4. The Kier molecular flexibility index (Phi) is 4.00. The van der Waals surface area contributed by atoms with E-state index in [0.29, 0.717) is 25.5 Å². The lowest BCUT2D eigenvalue weighted by atomic mass is 10.0. The molecular formula is C18H24N4O2. The van der Waals surface area contributed by atoms with Gasteiger partial charge in [-0.25, -0.2) is 9.50 Å². The Hall–Kier alpha value is -1.95. The molecule has 24 heavy (non-hydrogen) atoms. The van der Waals surface area contributed by atoms with Gasteiger partial charge in [-0.2, -0.15) is 5.10 Å². The Labute approximate surface area is 141 Å². The molecule has 0 N–H and O–H groups in total. The fraction of sp³-hybridized carbons (Fsp3) is 0.611. The van der Waals surface area contributed by atoms with Gasteiger partial charge in [0, 0.05) is 30.4 Å². The molecule has 0 radical (unpaired) electrons. The summed E-state index contributed by atoms with van der Waals surface area (Å²) >= 11 is 0. The highest BCUT2D eigenvalue weighted by atomic mass is 16.5. The zero-order chi connectivity index (χ0) is 16.7. The third-order valence-electron chi connectivity index (χ3n) is 5.49. The number of amides is 1. The Bertz CT molecular complexity index is 770. The van der Waals surface area contributed by atoms with Crippen LogP contribution in [0.3, 0.4) is 0 Å². The van der Waals surface area contributed by atoms with Crippen molar-refractivity contribution in [3.05, 3.63) is 29.2 Å². The van der Waals surface area contributed by atoms with Crippen LogP contribution in [0.1, 0.15) is 42.6 Å². The summed E-state index contributed by atoms with van der Waals surface area (Å²) in [6, 6.07) is 2.20. The monoisotopic (exact) mass is 328 g/mol. The maximum atomic E-state index is 12.8. The third-order valence-corrected chi connectivity index (χ3v) is 5.49. The van der Waals surface area contributed by atoms with E-state index in [1.807, 2.05) is 17.5 Å². The van der Waals surface area contributed by atoms with E-state index in [0.717, 1.165) is 48.4 Å². The Morgan fingerprint density at radius 2 is 2.25 bits per heavy atom. The van der Waals surface area contributed by atoms with Crippen molar-refractivity contribution < 1.29 is 9.53 Å². The Morgan fingerprint density at radius 1 is 1.38 bits per heavy atom. The number of fused-ring (bicyclic) bond motifs is 2. The summed E-state index contributed by atoms with van der Waals surface area (Å²) in [5, 5.41) is 4.32. The maximum Gasteiger partial charge on any atom is 0.223 e. The van der Waals surface area contributed by atoms with Crippen LogP contribution in [0.4, 0.5) is 0 Å². The highest BCUT2D eigenvalue weighted by Crippen LogP contribution is 2.30. The molecule has 0 unspecified atom stereocenters.